The SMILES string of the molecule is CC(C)(C)N1c2cccc3cc4c(c(c23)S1(=O)=O)C[N+](C)(C)C4. The van der Waals surface area contributed by atoms with Crippen molar-refractivity contribution in [1.82, 2.24) is 0 Å². The van der Waals surface area contributed by atoms with E-state index in [9.17, 15) is 8.42 Å². The molecule has 2 aliphatic heterocycles. The van der Waals surface area contributed by atoms with E-state index in [0.29, 0.717) is 4.90 Å². The van der Waals surface area contributed by atoms with Crippen molar-refractivity contribution in [3.05, 3.63) is 35.4 Å². The maximum absolute atomic E-state index is 13.4. The van der Waals surface area contributed by atoms with Gasteiger partial charge in [0.2, 0.25) is 0 Å². The lowest BCUT2D eigenvalue weighted by Crippen LogP contribution is -2.43. The third-order valence-corrected chi connectivity index (χ3v) is 7.00. The van der Waals surface area contributed by atoms with Crippen molar-refractivity contribution < 1.29 is 12.9 Å². The van der Waals surface area contributed by atoms with Gasteiger partial charge < -0.3 is 4.48 Å². The molecule has 23 heavy (non-hydrogen) atoms. The zero-order valence-corrected chi connectivity index (χ0v) is 15.2. The van der Waals surface area contributed by atoms with Crippen LogP contribution in [0.3, 0.4) is 0 Å². The van der Waals surface area contributed by atoms with Crippen LogP contribution >= 0.6 is 0 Å². The van der Waals surface area contributed by atoms with E-state index in [1.54, 1.807) is 4.31 Å². The van der Waals surface area contributed by atoms with Gasteiger partial charge in [0.05, 0.1) is 19.8 Å². The van der Waals surface area contributed by atoms with Gasteiger partial charge in [-0.05, 0) is 38.3 Å². The summed E-state index contributed by atoms with van der Waals surface area (Å²) in [5.74, 6) is 0. The summed E-state index contributed by atoms with van der Waals surface area (Å²) in [4.78, 5) is 0.555. The summed E-state index contributed by atoms with van der Waals surface area (Å²) in [5, 5.41) is 1.94. The first-order chi connectivity index (χ1) is 10.5. The van der Waals surface area contributed by atoms with Gasteiger partial charge in [-0.3, -0.25) is 4.31 Å². The number of benzene rings is 2. The number of quaternary nitrogens is 1. The average Bonchev–Trinajstić information content (AvgIpc) is 2.79. The number of hydrogen-bond acceptors (Lipinski definition) is 2. The van der Waals surface area contributed by atoms with E-state index in [1.807, 2.05) is 39.0 Å². The van der Waals surface area contributed by atoms with Crippen LogP contribution in [-0.2, 0) is 23.1 Å². The van der Waals surface area contributed by atoms with Crippen LogP contribution in [-0.4, -0.2) is 32.5 Å². The zero-order valence-electron chi connectivity index (χ0n) is 14.3. The first-order valence-corrected chi connectivity index (χ1v) is 9.41. The molecule has 2 heterocycles. The van der Waals surface area contributed by atoms with Gasteiger partial charge in [0.1, 0.15) is 18.0 Å². The second-order valence-corrected chi connectivity index (χ2v) is 10.1. The molecule has 2 aliphatic rings. The Labute approximate surface area is 138 Å². The molecule has 0 aromatic heterocycles. The van der Waals surface area contributed by atoms with E-state index < -0.39 is 15.6 Å². The lowest BCUT2D eigenvalue weighted by atomic mass is 10.00. The van der Waals surface area contributed by atoms with Crippen LogP contribution in [0, 0.1) is 0 Å². The van der Waals surface area contributed by atoms with Crippen molar-refractivity contribution in [2.45, 2.75) is 44.3 Å². The molecule has 122 valence electrons. The second-order valence-electron chi connectivity index (χ2n) is 8.41. The Morgan fingerprint density at radius 3 is 2.48 bits per heavy atom. The molecule has 0 aliphatic carbocycles. The molecule has 2 aromatic carbocycles. The fourth-order valence-corrected chi connectivity index (χ4v) is 6.45. The zero-order chi connectivity index (χ0) is 16.8. The summed E-state index contributed by atoms with van der Waals surface area (Å²) in [6, 6.07) is 8.11. The van der Waals surface area contributed by atoms with Crippen LogP contribution in [0.25, 0.3) is 10.8 Å². The summed E-state index contributed by atoms with van der Waals surface area (Å²) < 4.78 is 29.2. The summed E-state index contributed by atoms with van der Waals surface area (Å²) in [6.45, 7) is 7.51. The minimum Gasteiger partial charge on any atom is -0.321 e. The molecule has 0 N–H and O–H groups in total. The highest BCUT2D eigenvalue weighted by atomic mass is 32.2. The first kappa shape index (κ1) is 15.0. The third-order valence-electron chi connectivity index (χ3n) is 4.80. The first-order valence-electron chi connectivity index (χ1n) is 7.97. The number of fused-ring (bicyclic) bond motifs is 2. The lowest BCUT2D eigenvalue weighted by Gasteiger charge is -2.33. The molecule has 0 amide bonds. The highest BCUT2D eigenvalue weighted by Crippen LogP contribution is 2.49. The van der Waals surface area contributed by atoms with Gasteiger partial charge in [0.15, 0.2) is 0 Å². The molecule has 0 unspecified atom stereocenters. The number of hydrogen-bond donors (Lipinski definition) is 0. The molecule has 4 rings (SSSR count). The van der Waals surface area contributed by atoms with Crippen LogP contribution in [0.4, 0.5) is 5.69 Å². The van der Waals surface area contributed by atoms with Crippen LogP contribution in [0.5, 0.6) is 0 Å². The summed E-state index contributed by atoms with van der Waals surface area (Å²) in [7, 11) is 0.800. The maximum atomic E-state index is 13.4. The smallest absolute Gasteiger partial charge is 0.266 e. The predicted octanol–water partition coefficient (Wildman–Crippen LogP) is 3.24. The van der Waals surface area contributed by atoms with Gasteiger partial charge in [0, 0.05) is 22.1 Å². The molecule has 0 saturated carbocycles. The Morgan fingerprint density at radius 1 is 1.13 bits per heavy atom. The predicted molar refractivity (Wildman–Crippen MR) is 92.9 cm³/mol. The number of sulfonamides is 1. The van der Waals surface area contributed by atoms with Gasteiger partial charge >= 0.3 is 0 Å². The largest absolute Gasteiger partial charge is 0.321 e. The summed E-state index contributed by atoms with van der Waals surface area (Å²) in [6.07, 6.45) is 0. The van der Waals surface area contributed by atoms with E-state index in [1.165, 1.54) is 5.56 Å². The van der Waals surface area contributed by atoms with Crippen molar-refractivity contribution in [2.75, 3.05) is 18.4 Å². The molecular weight excluding hydrogens is 308 g/mol. The number of rotatable bonds is 0. The van der Waals surface area contributed by atoms with Crippen molar-refractivity contribution in [2.24, 2.45) is 0 Å². The summed E-state index contributed by atoms with van der Waals surface area (Å²) in [5.41, 5.74) is 2.53. The lowest BCUT2D eigenvalue weighted by molar-refractivity contribution is -0.910. The van der Waals surface area contributed by atoms with E-state index in [0.717, 1.165) is 39.6 Å². The normalized spacial score (nSPS) is 21.0. The van der Waals surface area contributed by atoms with Gasteiger partial charge in [-0.25, -0.2) is 8.42 Å². The molecule has 0 fully saturated rings. The van der Waals surface area contributed by atoms with Crippen molar-refractivity contribution in [1.29, 1.82) is 0 Å². The minimum absolute atomic E-state index is 0.484. The third kappa shape index (κ3) is 1.90. The van der Waals surface area contributed by atoms with E-state index >= 15 is 0 Å². The van der Waals surface area contributed by atoms with Crippen LogP contribution in [0.2, 0.25) is 0 Å². The number of anilines is 1. The molecule has 0 bridgehead atoms. The molecule has 4 nitrogen and oxygen atoms in total. The van der Waals surface area contributed by atoms with E-state index in [2.05, 4.69) is 20.2 Å². The number of nitrogens with zero attached hydrogens (tertiary/aromatic N) is 2. The topological polar surface area (TPSA) is 37.4 Å². The molecule has 0 spiro atoms. The second kappa shape index (κ2) is 4.08. The minimum atomic E-state index is -3.51. The van der Waals surface area contributed by atoms with E-state index in [-0.39, 0.29) is 0 Å². The molecule has 0 saturated heterocycles. The quantitative estimate of drug-likeness (QED) is 0.695. The standard InChI is InChI=1S/C18H23N2O2S/c1-18(2,3)19-15-8-6-7-12-9-13-10-20(4,5)11-14(13)17(16(12)15)23(19,21)22/h6-9H,10-11H2,1-5H3/q+1. The highest BCUT2D eigenvalue weighted by molar-refractivity contribution is 7.93. The Balaban J connectivity index is 2.15. The van der Waals surface area contributed by atoms with Crippen LogP contribution in [0.1, 0.15) is 31.9 Å². The monoisotopic (exact) mass is 331 g/mol. The van der Waals surface area contributed by atoms with Gasteiger partial charge in [0.25, 0.3) is 10.0 Å². The molecule has 5 heteroatoms. The van der Waals surface area contributed by atoms with Crippen molar-refractivity contribution in [3.8, 4) is 0 Å². The highest BCUT2D eigenvalue weighted by Gasteiger charge is 2.46. The van der Waals surface area contributed by atoms with Crippen LogP contribution in [0.15, 0.2) is 29.2 Å². The Kier molecular flexibility index (Phi) is 2.66. The summed E-state index contributed by atoms with van der Waals surface area (Å²) >= 11 is 0. The molecule has 0 radical (unpaired) electrons. The Morgan fingerprint density at radius 2 is 1.83 bits per heavy atom. The van der Waals surface area contributed by atoms with Gasteiger partial charge in [-0.2, -0.15) is 0 Å². The van der Waals surface area contributed by atoms with Crippen LogP contribution < -0.4 is 4.31 Å². The average molecular weight is 331 g/mol. The van der Waals surface area contributed by atoms with Gasteiger partial charge in [-0.1, -0.05) is 12.1 Å². The van der Waals surface area contributed by atoms with Crippen molar-refractivity contribution in [3.63, 3.8) is 0 Å². The fourth-order valence-electron chi connectivity index (χ4n) is 4.15. The molecule has 2 aromatic rings. The van der Waals surface area contributed by atoms with Gasteiger partial charge in [-0.15, -0.1) is 0 Å². The Hall–Kier alpha value is -1.59. The molecule has 0 atom stereocenters. The Bertz CT molecular complexity index is 953. The fraction of sp³-hybridized carbons (Fsp3) is 0.444. The maximum Gasteiger partial charge on any atom is 0.266 e. The van der Waals surface area contributed by atoms with E-state index in [4.69, 9.17) is 0 Å². The van der Waals surface area contributed by atoms with Crippen molar-refractivity contribution >= 4 is 26.5 Å². The molecular formula is C18H23N2O2S+.